The Morgan fingerprint density at radius 1 is 1.11 bits per heavy atom. The normalized spacial score (nSPS) is 37.3. The number of carbonyl (C=O) groups is 1. The van der Waals surface area contributed by atoms with E-state index in [1.54, 1.807) is 0 Å². The predicted octanol–water partition coefficient (Wildman–Crippen LogP) is 2.48. The van der Waals surface area contributed by atoms with Gasteiger partial charge in [0.1, 0.15) is 0 Å². The van der Waals surface area contributed by atoms with Crippen LogP contribution in [0.2, 0.25) is 0 Å². The maximum atomic E-state index is 12.2. The number of nitrogens with one attached hydrogen (secondary N) is 1. The van der Waals surface area contributed by atoms with Gasteiger partial charge in [-0.3, -0.25) is 4.79 Å². The number of nitrogens with two attached hydrogens (primary N) is 1. The molecule has 0 aromatic heterocycles. The van der Waals surface area contributed by atoms with E-state index in [1.807, 2.05) is 0 Å². The van der Waals surface area contributed by atoms with Crippen molar-refractivity contribution in [3.8, 4) is 0 Å². The molecule has 2 bridgehead atoms. The van der Waals surface area contributed by atoms with E-state index in [0.29, 0.717) is 23.8 Å². The van der Waals surface area contributed by atoms with Crippen molar-refractivity contribution >= 4 is 18.3 Å². The van der Waals surface area contributed by atoms with Gasteiger partial charge in [0, 0.05) is 18.5 Å². The SMILES string of the molecule is Cl.NC1C2CCCC1CC(C(=O)NCCC1CC1)C2. The van der Waals surface area contributed by atoms with Gasteiger partial charge in [-0.15, -0.1) is 12.4 Å². The summed E-state index contributed by atoms with van der Waals surface area (Å²) in [7, 11) is 0. The van der Waals surface area contributed by atoms with Gasteiger partial charge in [0.2, 0.25) is 5.91 Å². The second-order valence-electron chi connectivity index (χ2n) is 6.72. The van der Waals surface area contributed by atoms with Crippen LogP contribution in [0.3, 0.4) is 0 Å². The second-order valence-corrected chi connectivity index (χ2v) is 6.72. The largest absolute Gasteiger partial charge is 0.356 e. The highest BCUT2D eigenvalue weighted by atomic mass is 35.5. The highest BCUT2D eigenvalue weighted by Crippen LogP contribution is 2.41. The van der Waals surface area contributed by atoms with E-state index in [2.05, 4.69) is 5.32 Å². The second kappa shape index (κ2) is 6.45. The lowest BCUT2D eigenvalue weighted by molar-refractivity contribution is -0.127. The molecule has 0 aromatic carbocycles. The molecule has 19 heavy (non-hydrogen) atoms. The molecule has 3 aliphatic carbocycles. The van der Waals surface area contributed by atoms with Gasteiger partial charge in [-0.25, -0.2) is 0 Å². The number of carbonyl (C=O) groups excluding carboxylic acids is 1. The van der Waals surface area contributed by atoms with Crippen LogP contribution >= 0.6 is 12.4 Å². The molecule has 3 N–H and O–H groups in total. The third-order valence-electron chi connectivity index (χ3n) is 5.33. The first kappa shape index (κ1) is 15.1. The third-order valence-corrected chi connectivity index (χ3v) is 5.33. The predicted molar refractivity (Wildman–Crippen MR) is 79.1 cm³/mol. The minimum absolute atomic E-state index is 0. The molecule has 3 rings (SSSR count). The lowest BCUT2D eigenvalue weighted by Crippen LogP contribution is -2.49. The van der Waals surface area contributed by atoms with E-state index < -0.39 is 0 Å². The van der Waals surface area contributed by atoms with Gasteiger partial charge in [-0.05, 0) is 49.9 Å². The monoisotopic (exact) mass is 286 g/mol. The molecule has 3 saturated carbocycles. The van der Waals surface area contributed by atoms with Gasteiger partial charge in [0.15, 0.2) is 0 Å². The molecular formula is C15H27ClN2O. The molecule has 110 valence electrons. The number of hydrogen-bond donors (Lipinski definition) is 2. The van der Waals surface area contributed by atoms with Crippen molar-refractivity contribution in [3.05, 3.63) is 0 Å². The highest BCUT2D eigenvalue weighted by molar-refractivity contribution is 5.85. The molecule has 0 saturated heterocycles. The molecule has 2 unspecified atom stereocenters. The molecule has 3 nitrogen and oxygen atoms in total. The van der Waals surface area contributed by atoms with Crippen molar-refractivity contribution in [1.82, 2.24) is 5.32 Å². The van der Waals surface area contributed by atoms with Gasteiger partial charge < -0.3 is 11.1 Å². The van der Waals surface area contributed by atoms with Crippen LogP contribution < -0.4 is 11.1 Å². The smallest absolute Gasteiger partial charge is 0.223 e. The van der Waals surface area contributed by atoms with Crippen molar-refractivity contribution in [2.45, 2.75) is 57.4 Å². The number of amides is 1. The van der Waals surface area contributed by atoms with Crippen LogP contribution in [0.1, 0.15) is 51.4 Å². The Bertz CT molecular complexity index is 305. The summed E-state index contributed by atoms with van der Waals surface area (Å²) in [5.74, 6) is 2.68. The topological polar surface area (TPSA) is 55.1 Å². The summed E-state index contributed by atoms with van der Waals surface area (Å²) in [6, 6.07) is 0.370. The highest BCUT2D eigenvalue weighted by Gasteiger charge is 2.40. The van der Waals surface area contributed by atoms with Gasteiger partial charge in [-0.1, -0.05) is 19.3 Å². The van der Waals surface area contributed by atoms with Crippen LogP contribution in [-0.2, 0) is 4.79 Å². The summed E-state index contributed by atoms with van der Waals surface area (Å²) < 4.78 is 0. The van der Waals surface area contributed by atoms with Crippen LogP contribution in [0.15, 0.2) is 0 Å². The fourth-order valence-electron chi connectivity index (χ4n) is 3.95. The molecule has 0 spiro atoms. The molecule has 2 atom stereocenters. The summed E-state index contributed by atoms with van der Waals surface area (Å²) in [4.78, 5) is 12.2. The fraction of sp³-hybridized carbons (Fsp3) is 0.933. The zero-order chi connectivity index (χ0) is 12.5. The van der Waals surface area contributed by atoms with Crippen molar-refractivity contribution in [2.75, 3.05) is 6.54 Å². The minimum atomic E-state index is 0. The first-order valence-electron chi connectivity index (χ1n) is 7.77. The van der Waals surface area contributed by atoms with Crippen LogP contribution in [-0.4, -0.2) is 18.5 Å². The Balaban J connectivity index is 0.00000133. The van der Waals surface area contributed by atoms with E-state index in [1.165, 1.54) is 38.5 Å². The Morgan fingerprint density at radius 2 is 1.74 bits per heavy atom. The summed E-state index contributed by atoms with van der Waals surface area (Å²) in [5.41, 5.74) is 6.26. The van der Waals surface area contributed by atoms with E-state index in [-0.39, 0.29) is 18.3 Å². The van der Waals surface area contributed by atoms with Gasteiger partial charge in [0.25, 0.3) is 0 Å². The Morgan fingerprint density at radius 3 is 2.32 bits per heavy atom. The molecular weight excluding hydrogens is 260 g/mol. The van der Waals surface area contributed by atoms with Crippen molar-refractivity contribution in [2.24, 2.45) is 29.4 Å². The third kappa shape index (κ3) is 3.63. The van der Waals surface area contributed by atoms with Gasteiger partial charge in [-0.2, -0.15) is 0 Å². The number of fused-ring (bicyclic) bond motifs is 2. The summed E-state index contributed by atoms with van der Waals surface area (Å²) in [5, 5.41) is 3.15. The fourth-order valence-corrected chi connectivity index (χ4v) is 3.95. The molecule has 0 aromatic rings. The summed E-state index contributed by atoms with van der Waals surface area (Å²) in [6.07, 6.45) is 9.80. The minimum Gasteiger partial charge on any atom is -0.356 e. The number of hydrogen-bond acceptors (Lipinski definition) is 2. The van der Waals surface area contributed by atoms with Crippen LogP contribution in [0.5, 0.6) is 0 Å². The average Bonchev–Trinajstić information content (AvgIpc) is 3.12. The van der Waals surface area contributed by atoms with Crippen molar-refractivity contribution < 1.29 is 4.79 Å². The van der Waals surface area contributed by atoms with E-state index >= 15 is 0 Å². The van der Waals surface area contributed by atoms with E-state index in [4.69, 9.17) is 5.73 Å². The average molecular weight is 287 g/mol. The first-order valence-corrected chi connectivity index (χ1v) is 7.77. The Kier molecular flexibility index (Phi) is 5.13. The quantitative estimate of drug-likeness (QED) is 0.834. The van der Waals surface area contributed by atoms with Gasteiger partial charge >= 0.3 is 0 Å². The van der Waals surface area contributed by atoms with Gasteiger partial charge in [0.05, 0.1) is 0 Å². The van der Waals surface area contributed by atoms with Crippen molar-refractivity contribution in [1.29, 1.82) is 0 Å². The zero-order valence-electron chi connectivity index (χ0n) is 11.6. The van der Waals surface area contributed by atoms with Crippen molar-refractivity contribution in [3.63, 3.8) is 0 Å². The summed E-state index contributed by atoms with van der Waals surface area (Å²) >= 11 is 0. The molecule has 3 aliphatic rings. The molecule has 4 heteroatoms. The van der Waals surface area contributed by atoms with Crippen LogP contribution in [0, 0.1) is 23.7 Å². The summed E-state index contributed by atoms with van der Waals surface area (Å²) in [6.45, 7) is 0.890. The van der Waals surface area contributed by atoms with Crippen LogP contribution in [0.4, 0.5) is 0 Å². The molecule has 0 heterocycles. The molecule has 0 aliphatic heterocycles. The van der Waals surface area contributed by atoms with E-state index in [9.17, 15) is 4.79 Å². The molecule has 3 fully saturated rings. The molecule has 1 amide bonds. The number of halogens is 1. The maximum Gasteiger partial charge on any atom is 0.223 e. The lowest BCUT2D eigenvalue weighted by atomic mass is 9.65. The Labute approximate surface area is 122 Å². The lowest BCUT2D eigenvalue weighted by Gasteiger charge is -2.43. The maximum absolute atomic E-state index is 12.2. The first-order chi connectivity index (χ1) is 8.74. The van der Waals surface area contributed by atoms with E-state index in [0.717, 1.165) is 25.3 Å². The Hall–Kier alpha value is -0.280. The van der Waals surface area contributed by atoms with Crippen LogP contribution in [0.25, 0.3) is 0 Å². The zero-order valence-corrected chi connectivity index (χ0v) is 12.5. The number of rotatable bonds is 4. The standard InChI is InChI=1S/C15H26N2O.ClH/c16-14-11-2-1-3-12(14)9-13(8-11)15(18)17-7-6-10-4-5-10;/h10-14H,1-9,16H2,(H,17,18);1H. The molecule has 0 radical (unpaired) electrons.